The zero-order valence-electron chi connectivity index (χ0n) is 11.6. The maximum atomic E-state index is 6.22. The van der Waals surface area contributed by atoms with Crippen LogP contribution < -0.4 is 11.1 Å². The van der Waals surface area contributed by atoms with E-state index in [0.717, 1.165) is 44.0 Å². The Morgan fingerprint density at radius 3 is 3.05 bits per heavy atom. The van der Waals surface area contributed by atoms with Crippen molar-refractivity contribution in [1.29, 1.82) is 0 Å². The van der Waals surface area contributed by atoms with Gasteiger partial charge in [0.1, 0.15) is 4.99 Å². The summed E-state index contributed by atoms with van der Waals surface area (Å²) in [5.74, 6) is 0. The lowest BCUT2D eigenvalue weighted by Gasteiger charge is -2.32. The van der Waals surface area contributed by atoms with E-state index in [-0.39, 0.29) is 6.10 Å². The first-order chi connectivity index (χ1) is 9.60. The Kier molecular flexibility index (Phi) is 5.60. The smallest absolute Gasteiger partial charge is 0.104 e. The lowest BCUT2D eigenvalue weighted by Crippen LogP contribution is -2.45. The third-order valence-electron chi connectivity index (χ3n) is 3.44. The summed E-state index contributed by atoms with van der Waals surface area (Å²) in [5.41, 5.74) is 7.24. The van der Waals surface area contributed by atoms with Crippen molar-refractivity contribution in [2.75, 3.05) is 38.1 Å². The topological polar surface area (TPSA) is 50.5 Å². The lowest BCUT2D eigenvalue weighted by molar-refractivity contribution is -0.0191. The minimum Gasteiger partial charge on any atom is -0.389 e. The highest BCUT2D eigenvalue weighted by molar-refractivity contribution is 7.80. The van der Waals surface area contributed by atoms with Crippen molar-refractivity contribution < 1.29 is 4.74 Å². The number of ether oxygens (including phenoxy) is 1. The largest absolute Gasteiger partial charge is 0.389 e. The summed E-state index contributed by atoms with van der Waals surface area (Å²) in [4.78, 5) is 2.74. The minimum atomic E-state index is 0.190. The molecule has 1 aliphatic heterocycles. The summed E-state index contributed by atoms with van der Waals surface area (Å²) in [6.45, 7) is 6.71. The highest BCUT2D eigenvalue weighted by atomic mass is 35.5. The van der Waals surface area contributed by atoms with Gasteiger partial charge >= 0.3 is 0 Å². The van der Waals surface area contributed by atoms with E-state index < -0.39 is 0 Å². The van der Waals surface area contributed by atoms with E-state index in [4.69, 9.17) is 34.3 Å². The van der Waals surface area contributed by atoms with Crippen LogP contribution in [0.1, 0.15) is 12.5 Å². The van der Waals surface area contributed by atoms with Crippen LogP contribution in [0.5, 0.6) is 0 Å². The summed E-state index contributed by atoms with van der Waals surface area (Å²) in [7, 11) is 0. The van der Waals surface area contributed by atoms with Gasteiger partial charge in [0.2, 0.25) is 0 Å². The van der Waals surface area contributed by atoms with Gasteiger partial charge in [0.25, 0.3) is 0 Å². The van der Waals surface area contributed by atoms with Crippen molar-refractivity contribution in [1.82, 2.24) is 4.90 Å². The van der Waals surface area contributed by atoms with E-state index in [1.165, 1.54) is 0 Å². The molecule has 1 aromatic rings. The molecule has 110 valence electrons. The summed E-state index contributed by atoms with van der Waals surface area (Å²) in [6.07, 6.45) is 0.190. The predicted octanol–water partition coefficient (Wildman–Crippen LogP) is 2.11. The monoisotopic (exact) mass is 313 g/mol. The Balaban J connectivity index is 1.92. The fourth-order valence-corrected chi connectivity index (χ4v) is 2.60. The lowest BCUT2D eigenvalue weighted by atomic mass is 10.2. The molecule has 0 saturated carbocycles. The van der Waals surface area contributed by atoms with Gasteiger partial charge < -0.3 is 15.8 Å². The Bertz CT molecular complexity index is 483. The van der Waals surface area contributed by atoms with E-state index in [9.17, 15) is 0 Å². The molecule has 1 aromatic carbocycles. The molecular formula is C14H20ClN3OS. The molecule has 0 bridgehead atoms. The molecule has 4 nitrogen and oxygen atoms in total. The second kappa shape index (κ2) is 7.22. The second-order valence-electron chi connectivity index (χ2n) is 4.83. The fourth-order valence-electron chi connectivity index (χ4n) is 2.23. The minimum absolute atomic E-state index is 0.190. The van der Waals surface area contributed by atoms with Gasteiger partial charge in [0.15, 0.2) is 0 Å². The van der Waals surface area contributed by atoms with E-state index in [2.05, 4.69) is 17.1 Å². The van der Waals surface area contributed by atoms with E-state index >= 15 is 0 Å². The average Bonchev–Trinajstić information content (AvgIpc) is 2.46. The van der Waals surface area contributed by atoms with Gasteiger partial charge in [0.05, 0.1) is 23.4 Å². The maximum Gasteiger partial charge on any atom is 0.104 e. The third-order valence-corrected chi connectivity index (χ3v) is 3.99. The number of likely N-dealkylation sites (N-methyl/N-ethyl adjacent to an activating group) is 1. The molecule has 0 aliphatic carbocycles. The molecule has 1 unspecified atom stereocenters. The van der Waals surface area contributed by atoms with E-state index in [1.54, 1.807) is 6.07 Å². The molecule has 2 rings (SSSR count). The van der Waals surface area contributed by atoms with Crippen LogP contribution in [0.2, 0.25) is 5.02 Å². The Hall–Kier alpha value is -0.880. The van der Waals surface area contributed by atoms with Gasteiger partial charge in [-0.25, -0.2) is 0 Å². The number of halogens is 1. The molecule has 6 heteroatoms. The number of rotatable bonds is 5. The Labute approximate surface area is 130 Å². The molecular weight excluding hydrogens is 294 g/mol. The number of nitrogens with two attached hydrogens (primary N) is 1. The summed E-state index contributed by atoms with van der Waals surface area (Å²) >= 11 is 11.1. The molecule has 1 aliphatic rings. The Morgan fingerprint density at radius 2 is 2.40 bits per heavy atom. The maximum absolute atomic E-state index is 6.22. The van der Waals surface area contributed by atoms with Crippen LogP contribution in [0.3, 0.4) is 0 Å². The van der Waals surface area contributed by atoms with Crippen molar-refractivity contribution >= 4 is 34.5 Å². The average molecular weight is 314 g/mol. The van der Waals surface area contributed by atoms with E-state index in [1.807, 2.05) is 12.1 Å². The van der Waals surface area contributed by atoms with Crippen molar-refractivity contribution in [2.24, 2.45) is 5.73 Å². The number of thiocarbonyl (C=S) groups is 1. The number of nitrogens with one attached hydrogen (secondary N) is 1. The fraction of sp³-hybridized carbons (Fsp3) is 0.500. The second-order valence-corrected chi connectivity index (χ2v) is 5.67. The van der Waals surface area contributed by atoms with Gasteiger partial charge in [-0.3, -0.25) is 4.90 Å². The third kappa shape index (κ3) is 4.06. The number of hydrogen-bond donors (Lipinski definition) is 2. The van der Waals surface area contributed by atoms with Gasteiger partial charge in [-0.05, 0) is 24.7 Å². The van der Waals surface area contributed by atoms with Crippen molar-refractivity contribution in [3.63, 3.8) is 0 Å². The molecule has 20 heavy (non-hydrogen) atoms. The molecule has 1 heterocycles. The molecule has 0 aromatic heterocycles. The van der Waals surface area contributed by atoms with Crippen LogP contribution in [0.15, 0.2) is 18.2 Å². The molecule has 1 saturated heterocycles. The molecule has 0 radical (unpaired) electrons. The quantitative estimate of drug-likeness (QED) is 0.815. The van der Waals surface area contributed by atoms with Crippen LogP contribution in [0.25, 0.3) is 0 Å². The normalized spacial score (nSPS) is 19.8. The molecule has 3 N–H and O–H groups in total. The van der Waals surface area contributed by atoms with Crippen molar-refractivity contribution in [2.45, 2.75) is 13.0 Å². The zero-order valence-corrected chi connectivity index (χ0v) is 13.1. The van der Waals surface area contributed by atoms with Crippen molar-refractivity contribution in [3.05, 3.63) is 28.8 Å². The van der Waals surface area contributed by atoms with Crippen molar-refractivity contribution in [3.8, 4) is 0 Å². The van der Waals surface area contributed by atoms with Gasteiger partial charge in [0, 0.05) is 25.2 Å². The first-order valence-electron chi connectivity index (χ1n) is 6.77. The summed E-state index contributed by atoms with van der Waals surface area (Å²) < 4.78 is 5.75. The van der Waals surface area contributed by atoms with E-state index in [0.29, 0.717) is 10.0 Å². The highest BCUT2D eigenvalue weighted by Crippen LogP contribution is 2.23. The molecule has 1 fully saturated rings. The summed E-state index contributed by atoms with van der Waals surface area (Å²) in [6, 6.07) is 5.56. The number of anilines is 1. The van der Waals surface area contributed by atoms with Gasteiger partial charge in [-0.2, -0.15) is 0 Å². The molecule has 0 amide bonds. The molecule has 1 atom stereocenters. The van der Waals surface area contributed by atoms with Gasteiger partial charge in [-0.1, -0.05) is 30.7 Å². The van der Waals surface area contributed by atoms with Crippen LogP contribution in [0, 0.1) is 0 Å². The summed E-state index contributed by atoms with van der Waals surface area (Å²) in [5, 5.41) is 3.95. The highest BCUT2D eigenvalue weighted by Gasteiger charge is 2.19. The standard InChI is InChI=1S/C14H20ClN3OS/c1-2-18-5-6-19-11(9-18)8-17-13-4-3-10(14(16)20)7-12(13)15/h3-4,7,11,17H,2,5-6,8-9H2,1H3,(H2,16,20). The first-order valence-corrected chi connectivity index (χ1v) is 7.56. The number of nitrogens with zero attached hydrogens (tertiary/aromatic N) is 1. The predicted molar refractivity (Wildman–Crippen MR) is 87.7 cm³/mol. The SMILES string of the molecule is CCN1CCOC(CNc2ccc(C(N)=S)cc2Cl)C1. The van der Waals surface area contributed by atoms with Crippen LogP contribution >= 0.6 is 23.8 Å². The zero-order chi connectivity index (χ0) is 14.5. The Morgan fingerprint density at radius 1 is 1.60 bits per heavy atom. The first kappa shape index (κ1) is 15.5. The number of benzene rings is 1. The van der Waals surface area contributed by atoms with Crippen LogP contribution in [-0.2, 0) is 4.74 Å². The van der Waals surface area contributed by atoms with Crippen LogP contribution in [0.4, 0.5) is 5.69 Å². The van der Waals surface area contributed by atoms with Crippen LogP contribution in [-0.4, -0.2) is 48.8 Å². The number of hydrogen-bond acceptors (Lipinski definition) is 4. The molecule has 0 spiro atoms. The van der Waals surface area contributed by atoms with Gasteiger partial charge in [-0.15, -0.1) is 0 Å². The number of morpholine rings is 1.